The van der Waals surface area contributed by atoms with Gasteiger partial charge in [-0.1, -0.05) is 42.5 Å². The minimum atomic E-state index is -0.626. The predicted octanol–water partition coefficient (Wildman–Crippen LogP) is 5.37. The molecule has 3 aromatic carbocycles. The molecular formula is C23H22N2O. The van der Waals surface area contributed by atoms with Crippen LogP contribution in [0.4, 0.5) is 11.4 Å². The van der Waals surface area contributed by atoms with Gasteiger partial charge in [0.2, 0.25) is 5.72 Å². The van der Waals surface area contributed by atoms with Gasteiger partial charge in [-0.3, -0.25) is 4.99 Å². The van der Waals surface area contributed by atoms with Crippen LogP contribution in [0.5, 0.6) is 5.75 Å². The fourth-order valence-electron chi connectivity index (χ4n) is 4.60. The summed E-state index contributed by atoms with van der Waals surface area (Å²) in [7, 11) is 2.10. The van der Waals surface area contributed by atoms with Gasteiger partial charge in [0.25, 0.3) is 0 Å². The maximum absolute atomic E-state index is 6.76. The van der Waals surface area contributed by atoms with Gasteiger partial charge in [0, 0.05) is 18.1 Å². The van der Waals surface area contributed by atoms with Crippen molar-refractivity contribution in [3.8, 4) is 5.75 Å². The highest BCUT2D eigenvalue weighted by Gasteiger charge is 2.58. The zero-order valence-electron chi connectivity index (χ0n) is 15.6. The van der Waals surface area contributed by atoms with E-state index in [1.54, 1.807) is 0 Å². The largest absolute Gasteiger partial charge is 0.459 e. The molecule has 130 valence electrons. The van der Waals surface area contributed by atoms with Gasteiger partial charge in [-0.2, -0.15) is 0 Å². The second-order valence-corrected chi connectivity index (χ2v) is 7.84. The third kappa shape index (κ3) is 1.70. The van der Waals surface area contributed by atoms with Crippen LogP contribution in [0.15, 0.2) is 59.6 Å². The molecule has 1 unspecified atom stereocenters. The molecule has 3 aromatic rings. The highest BCUT2D eigenvalue weighted by molar-refractivity contribution is 6.01. The summed E-state index contributed by atoms with van der Waals surface area (Å²) in [6.45, 7) is 6.61. The molecule has 0 N–H and O–H groups in total. The predicted molar refractivity (Wildman–Crippen MR) is 108 cm³/mol. The molecule has 5 rings (SSSR count). The van der Waals surface area contributed by atoms with E-state index in [0.717, 1.165) is 16.8 Å². The van der Waals surface area contributed by atoms with Gasteiger partial charge in [0.05, 0.1) is 11.6 Å². The van der Waals surface area contributed by atoms with E-state index >= 15 is 0 Å². The quantitative estimate of drug-likeness (QED) is 0.549. The second-order valence-electron chi connectivity index (χ2n) is 7.84. The maximum atomic E-state index is 6.76. The number of hydrogen-bond acceptors (Lipinski definition) is 3. The first-order chi connectivity index (χ1) is 12.5. The van der Waals surface area contributed by atoms with Crippen molar-refractivity contribution in [1.29, 1.82) is 0 Å². The summed E-state index contributed by atoms with van der Waals surface area (Å²) in [5.41, 5.74) is 3.77. The van der Waals surface area contributed by atoms with Crippen LogP contribution < -0.4 is 9.64 Å². The summed E-state index contributed by atoms with van der Waals surface area (Å²) in [6, 6.07) is 19.1. The van der Waals surface area contributed by atoms with Crippen LogP contribution >= 0.6 is 0 Å². The van der Waals surface area contributed by atoms with E-state index < -0.39 is 5.72 Å². The van der Waals surface area contributed by atoms with Crippen LogP contribution in [-0.4, -0.2) is 19.0 Å². The average Bonchev–Trinajstić information content (AvgIpc) is 2.81. The first kappa shape index (κ1) is 15.4. The first-order valence-electron chi connectivity index (χ1n) is 9.06. The van der Waals surface area contributed by atoms with Crippen molar-refractivity contribution in [1.82, 2.24) is 0 Å². The summed E-state index contributed by atoms with van der Waals surface area (Å²) in [4.78, 5) is 7.16. The molecule has 26 heavy (non-hydrogen) atoms. The number of anilines is 1. The van der Waals surface area contributed by atoms with Crippen LogP contribution in [-0.2, 0) is 5.41 Å². The van der Waals surface area contributed by atoms with Gasteiger partial charge in [-0.15, -0.1) is 0 Å². The molecule has 0 saturated carbocycles. The van der Waals surface area contributed by atoms with E-state index in [4.69, 9.17) is 9.73 Å². The van der Waals surface area contributed by atoms with Crippen LogP contribution in [0.1, 0.15) is 25.0 Å². The Balaban J connectivity index is 1.74. The third-order valence-corrected chi connectivity index (χ3v) is 6.15. The first-order valence-corrected chi connectivity index (χ1v) is 9.06. The molecule has 0 fully saturated rings. The van der Waals surface area contributed by atoms with E-state index in [1.165, 1.54) is 22.2 Å². The molecule has 3 heteroatoms. The number of rotatable bonds is 0. The lowest BCUT2D eigenvalue weighted by molar-refractivity contribution is 0.0826. The summed E-state index contributed by atoms with van der Waals surface area (Å²) < 4.78 is 6.76. The lowest BCUT2D eigenvalue weighted by Gasteiger charge is -2.45. The van der Waals surface area contributed by atoms with Crippen LogP contribution in [0.3, 0.4) is 0 Å². The fraction of sp³-hybridized carbons (Fsp3) is 0.261. The van der Waals surface area contributed by atoms with Crippen molar-refractivity contribution in [2.75, 3.05) is 11.9 Å². The van der Waals surface area contributed by atoms with E-state index in [9.17, 15) is 0 Å². The fourth-order valence-corrected chi connectivity index (χ4v) is 4.60. The second kappa shape index (κ2) is 4.88. The number of likely N-dealkylation sites (N-methyl/N-ethyl adjacent to an activating group) is 1. The molecule has 0 bridgehead atoms. The molecule has 2 aliphatic heterocycles. The smallest absolute Gasteiger partial charge is 0.228 e. The molecule has 0 radical (unpaired) electrons. The minimum Gasteiger partial charge on any atom is -0.459 e. The number of benzene rings is 3. The number of para-hydroxylation sites is 1. The highest BCUT2D eigenvalue weighted by atomic mass is 16.5. The average molecular weight is 342 g/mol. The zero-order chi connectivity index (χ0) is 18.1. The van der Waals surface area contributed by atoms with E-state index in [2.05, 4.69) is 87.3 Å². The molecule has 0 amide bonds. The lowest BCUT2D eigenvalue weighted by Crippen LogP contribution is -2.61. The van der Waals surface area contributed by atoms with Gasteiger partial charge >= 0.3 is 0 Å². The topological polar surface area (TPSA) is 24.8 Å². The normalized spacial score (nSPS) is 22.4. The van der Waals surface area contributed by atoms with Crippen LogP contribution in [0.25, 0.3) is 10.8 Å². The molecule has 0 aliphatic carbocycles. The third-order valence-electron chi connectivity index (χ3n) is 6.15. The van der Waals surface area contributed by atoms with Gasteiger partial charge in [0.15, 0.2) is 0 Å². The molecule has 2 aliphatic rings. The maximum Gasteiger partial charge on any atom is 0.228 e. The van der Waals surface area contributed by atoms with Gasteiger partial charge in [0.1, 0.15) is 11.4 Å². The Hall–Kier alpha value is -2.81. The SMILES string of the molecule is Cc1cc2c(c3ccccc13)N=CC1(O2)N(C)c2ccccc2C1(C)C. The highest BCUT2D eigenvalue weighted by Crippen LogP contribution is 2.54. The Morgan fingerprint density at radius 1 is 0.962 bits per heavy atom. The number of ether oxygens (including phenoxy) is 1. The van der Waals surface area contributed by atoms with Crippen molar-refractivity contribution in [2.24, 2.45) is 4.99 Å². The van der Waals surface area contributed by atoms with E-state index in [-0.39, 0.29) is 5.41 Å². The van der Waals surface area contributed by atoms with Crippen molar-refractivity contribution in [3.63, 3.8) is 0 Å². The molecule has 1 atom stereocenters. The summed E-state index contributed by atoms with van der Waals surface area (Å²) >= 11 is 0. The lowest BCUT2D eigenvalue weighted by atomic mass is 9.77. The number of aryl methyl sites for hydroxylation is 1. The van der Waals surface area contributed by atoms with Gasteiger partial charge in [-0.05, 0) is 49.4 Å². The standard InChI is InChI=1S/C23H22N2O/c1-15-13-20-21(17-10-6-5-9-16(15)17)24-14-23(26-20)22(2,3)18-11-7-8-12-19(18)25(23)4/h5-14H,1-4H3. The van der Waals surface area contributed by atoms with Crippen molar-refractivity contribution < 1.29 is 4.74 Å². The monoisotopic (exact) mass is 342 g/mol. The van der Waals surface area contributed by atoms with E-state index in [0.29, 0.717) is 0 Å². The Bertz CT molecular complexity index is 1080. The van der Waals surface area contributed by atoms with Gasteiger partial charge < -0.3 is 9.64 Å². The summed E-state index contributed by atoms with van der Waals surface area (Å²) in [5, 5.41) is 2.37. The molecule has 2 heterocycles. The molecule has 0 aromatic heterocycles. The van der Waals surface area contributed by atoms with Gasteiger partial charge in [-0.25, -0.2) is 0 Å². The molecule has 1 spiro atoms. The van der Waals surface area contributed by atoms with Crippen molar-refractivity contribution in [3.05, 3.63) is 65.7 Å². The van der Waals surface area contributed by atoms with Crippen molar-refractivity contribution >= 4 is 28.4 Å². The minimum absolute atomic E-state index is 0.223. The number of aliphatic imine (C=N–C) groups is 1. The zero-order valence-corrected chi connectivity index (χ0v) is 15.6. The Kier molecular flexibility index (Phi) is 2.90. The number of hydrogen-bond donors (Lipinski definition) is 0. The molecule has 0 saturated heterocycles. The van der Waals surface area contributed by atoms with Crippen molar-refractivity contribution in [2.45, 2.75) is 31.9 Å². The van der Waals surface area contributed by atoms with E-state index in [1.807, 2.05) is 6.21 Å². The number of fused-ring (bicyclic) bond motifs is 4. The summed E-state index contributed by atoms with van der Waals surface area (Å²) in [5.74, 6) is 0.858. The van der Waals surface area contributed by atoms with Crippen LogP contribution in [0, 0.1) is 6.92 Å². The Labute approximate surface area is 153 Å². The Morgan fingerprint density at radius 2 is 1.65 bits per heavy atom. The molecular weight excluding hydrogens is 320 g/mol. The number of nitrogens with zero attached hydrogens (tertiary/aromatic N) is 2. The summed E-state index contributed by atoms with van der Waals surface area (Å²) in [6.07, 6.45) is 2.00. The molecule has 3 nitrogen and oxygen atoms in total. The Morgan fingerprint density at radius 3 is 2.42 bits per heavy atom. The van der Waals surface area contributed by atoms with Crippen LogP contribution in [0.2, 0.25) is 0 Å².